The van der Waals surface area contributed by atoms with Gasteiger partial charge in [-0.3, -0.25) is 0 Å². The van der Waals surface area contributed by atoms with Gasteiger partial charge in [0.2, 0.25) is 0 Å². The minimum Gasteiger partial charge on any atom is -0.380 e. The molecule has 1 saturated heterocycles. The van der Waals surface area contributed by atoms with Crippen LogP contribution in [-0.2, 0) is 4.74 Å². The standard InChI is InChI=1S/C8H11F3N2O/c9-8(10,11)6(3-12)4-13-7-1-2-14-5-7/h6-7,13H,1-2,4-5H2. The predicted octanol–water partition coefficient (Wildman–Crippen LogP) is 1.07. The van der Waals surface area contributed by atoms with Gasteiger partial charge in [-0.2, -0.15) is 18.4 Å². The number of alkyl halides is 3. The Morgan fingerprint density at radius 1 is 1.57 bits per heavy atom. The molecular formula is C8H11F3N2O. The number of nitriles is 1. The van der Waals surface area contributed by atoms with Gasteiger partial charge >= 0.3 is 6.18 Å². The van der Waals surface area contributed by atoms with Crippen molar-refractivity contribution in [1.82, 2.24) is 5.32 Å². The fraction of sp³-hybridized carbons (Fsp3) is 0.875. The largest absolute Gasteiger partial charge is 0.405 e. The zero-order valence-electron chi connectivity index (χ0n) is 7.47. The van der Waals surface area contributed by atoms with Crippen molar-refractivity contribution in [2.24, 2.45) is 5.92 Å². The van der Waals surface area contributed by atoms with Crippen molar-refractivity contribution < 1.29 is 17.9 Å². The van der Waals surface area contributed by atoms with Gasteiger partial charge in [-0.15, -0.1) is 0 Å². The molecule has 0 radical (unpaired) electrons. The third-order valence-electron chi connectivity index (χ3n) is 2.09. The SMILES string of the molecule is N#CC(CNC1CCOC1)C(F)(F)F. The van der Waals surface area contributed by atoms with Crippen LogP contribution in [0.15, 0.2) is 0 Å². The molecule has 6 heteroatoms. The predicted molar refractivity (Wildman–Crippen MR) is 42.4 cm³/mol. The zero-order chi connectivity index (χ0) is 10.6. The summed E-state index contributed by atoms with van der Waals surface area (Å²) in [5.41, 5.74) is 0. The lowest BCUT2D eigenvalue weighted by atomic mass is 10.1. The summed E-state index contributed by atoms with van der Waals surface area (Å²) in [4.78, 5) is 0. The molecule has 3 nitrogen and oxygen atoms in total. The molecule has 1 aliphatic rings. The Balaban J connectivity index is 2.31. The van der Waals surface area contributed by atoms with Gasteiger partial charge in [-0.1, -0.05) is 0 Å². The summed E-state index contributed by atoms with van der Waals surface area (Å²) >= 11 is 0. The van der Waals surface area contributed by atoms with Gasteiger partial charge in [0, 0.05) is 19.2 Å². The van der Waals surface area contributed by atoms with Crippen LogP contribution in [0, 0.1) is 17.2 Å². The van der Waals surface area contributed by atoms with Crippen LogP contribution in [-0.4, -0.2) is 32.0 Å². The first-order valence-electron chi connectivity index (χ1n) is 4.31. The molecule has 0 aliphatic carbocycles. The van der Waals surface area contributed by atoms with Crippen molar-refractivity contribution in [2.75, 3.05) is 19.8 Å². The van der Waals surface area contributed by atoms with E-state index in [4.69, 9.17) is 10.00 Å². The second kappa shape index (κ2) is 4.62. The van der Waals surface area contributed by atoms with Crippen LogP contribution in [0.5, 0.6) is 0 Å². The summed E-state index contributed by atoms with van der Waals surface area (Å²) < 4.78 is 41.3. The first-order chi connectivity index (χ1) is 6.54. The molecule has 0 aromatic heterocycles. The van der Waals surface area contributed by atoms with E-state index in [1.807, 2.05) is 0 Å². The maximum absolute atomic E-state index is 12.1. The fourth-order valence-corrected chi connectivity index (χ4v) is 1.21. The van der Waals surface area contributed by atoms with Crippen molar-refractivity contribution >= 4 is 0 Å². The number of nitrogens with zero attached hydrogens (tertiary/aromatic N) is 1. The Labute approximate surface area is 79.8 Å². The molecule has 1 heterocycles. The Kier molecular flexibility index (Phi) is 3.72. The van der Waals surface area contributed by atoms with Crippen molar-refractivity contribution in [3.63, 3.8) is 0 Å². The monoisotopic (exact) mass is 208 g/mol. The Morgan fingerprint density at radius 3 is 2.71 bits per heavy atom. The van der Waals surface area contributed by atoms with Gasteiger partial charge in [0.05, 0.1) is 12.7 Å². The van der Waals surface area contributed by atoms with Crippen LogP contribution in [0.1, 0.15) is 6.42 Å². The highest BCUT2D eigenvalue weighted by Crippen LogP contribution is 2.25. The summed E-state index contributed by atoms with van der Waals surface area (Å²) in [7, 11) is 0. The first-order valence-corrected chi connectivity index (χ1v) is 4.31. The van der Waals surface area contributed by atoms with E-state index < -0.39 is 12.1 Å². The van der Waals surface area contributed by atoms with Crippen LogP contribution in [0.25, 0.3) is 0 Å². The van der Waals surface area contributed by atoms with Gasteiger partial charge in [0.15, 0.2) is 5.92 Å². The van der Waals surface area contributed by atoms with Crippen LogP contribution in [0.2, 0.25) is 0 Å². The molecule has 1 rings (SSSR count). The molecule has 0 bridgehead atoms. The van der Waals surface area contributed by atoms with Crippen molar-refractivity contribution in [3.8, 4) is 6.07 Å². The van der Waals surface area contributed by atoms with E-state index in [2.05, 4.69) is 5.32 Å². The van der Waals surface area contributed by atoms with Gasteiger partial charge in [-0.05, 0) is 6.42 Å². The second-order valence-corrected chi connectivity index (χ2v) is 3.19. The molecule has 0 spiro atoms. The summed E-state index contributed by atoms with van der Waals surface area (Å²) in [6, 6.07) is 1.19. The molecule has 0 aromatic rings. The summed E-state index contributed by atoms with van der Waals surface area (Å²) in [6.45, 7) is 0.644. The van der Waals surface area contributed by atoms with Crippen molar-refractivity contribution in [3.05, 3.63) is 0 Å². The number of nitrogens with one attached hydrogen (secondary N) is 1. The average Bonchev–Trinajstić information content (AvgIpc) is 2.55. The first kappa shape index (κ1) is 11.3. The molecule has 2 atom stereocenters. The molecular weight excluding hydrogens is 197 g/mol. The van der Waals surface area contributed by atoms with Crippen LogP contribution < -0.4 is 5.32 Å². The molecule has 1 aliphatic heterocycles. The molecule has 0 amide bonds. The maximum Gasteiger partial charge on any atom is 0.405 e. The number of ether oxygens (including phenoxy) is 1. The maximum atomic E-state index is 12.1. The van der Waals surface area contributed by atoms with Gasteiger partial charge in [-0.25, -0.2) is 0 Å². The van der Waals surface area contributed by atoms with E-state index in [-0.39, 0.29) is 12.6 Å². The van der Waals surface area contributed by atoms with E-state index in [9.17, 15) is 13.2 Å². The van der Waals surface area contributed by atoms with Gasteiger partial charge in [0.1, 0.15) is 0 Å². The number of hydrogen-bond donors (Lipinski definition) is 1. The van der Waals surface area contributed by atoms with E-state index in [1.165, 1.54) is 6.07 Å². The summed E-state index contributed by atoms with van der Waals surface area (Å²) in [5, 5.41) is 11.0. The lowest BCUT2D eigenvalue weighted by molar-refractivity contribution is -0.158. The number of halogens is 3. The summed E-state index contributed by atoms with van der Waals surface area (Å²) in [5.74, 6) is -1.93. The third kappa shape index (κ3) is 3.16. The van der Waals surface area contributed by atoms with Crippen LogP contribution >= 0.6 is 0 Å². The quantitative estimate of drug-likeness (QED) is 0.754. The average molecular weight is 208 g/mol. The zero-order valence-corrected chi connectivity index (χ0v) is 7.47. The van der Waals surface area contributed by atoms with Crippen LogP contribution in [0.3, 0.4) is 0 Å². The molecule has 1 N–H and O–H groups in total. The fourth-order valence-electron chi connectivity index (χ4n) is 1.21. The Morgan fingerprint density at radius 2 is 2.29 bits per heavy atom. The highest BCUT2D eigenvalue weighted by atomic mass is 19.4. The van der Waals surface area contributed by atoms with Crippen molar-refractivity contribution in [2.45, 2.75) is 18.6 Å². The van der Waals surface area contributed by atoms with E-state index >= 15 is 0 Å². The molecule has 1 fully saturated rings. The van der Waals surface area contributed by atoms with Crippen molar-refractivity contribution in [1.29, 1.82) is 5.26 Å². The van der Waals surface area contributed by atoms with Gasteiger partial charge in [0.25, 0.3) is 0 Å². The molecule has 80 valence electrons. The normalized spacial score (nSPS) is 24.6. The third-order valence-corrected chi connectivity index (χ3v) is 2.09. The lowest BCUT2D eigenvalue weighted by Gasteiger charge is -2.16. The minimum absolute atomic E-state index is 0.0480. The van der Waals surface area contributed by atoms with Crippen LogP contribution in [0.4, 0.5) is 13.2 Å². The number of hydrogen-bond acceptors (Lipinski definition) is 3. The Hall–Kier alpha value is -0.800. The molecule has 0 saturated carbocycles. The van der Waals surface area contributed by atoms with E-state index in [1.54, 1.807) is 0 Å². The lowest BCUT2D eigenvalue weighted by Crippen LogP contribution is -2.38. The summed E-state index contributed by atoms with van der Waals surface area (Å²) in [6.07, 6.45) is -3.74. The van der Waals surface area contributed by atoms with Gasteiger partial charge < -0.3 is 10.1 Å². The second-order valence-electron chi connectivity index (χ2n) is 3.19. The number of rotatable bonds is 3. The highest BCUT2D eigenvalue weighted by molar-refractivity contribution is 4.91. The smallest absolute Gasteiger partial charge is 0.380 e. The molecule has 14 heavy (non-hydrogen) atoms. The van der Waals surface area contributed by atoms with E-state index in [0.29, 0.717) is 19.6 Å². The topological polar surface area (TPSA) is 45.0 Å². The highest BCUT2D eigenvalue weighted by Gasteiger charge is 2.39. The molecule has 0 aromatic carbocycles. The van der Waals surface area contributed by atoms with E-state index in [0.717, 1.165) is 0 Å². The Bertz CT molecular complexity index is 218. The molecule has 2 unspecified atom stereocenters. The minimum atomic E-state index is -4.44.